The Balaban J connectivity index is 2.25. The largest absolute Gasteiger partial charge is 0.480 e. The van der Waals surface area contributed by atoms with Gasteiger partial charge in [0.2, 0.25) is 0 Å². The smallest absolute Gasteiger partial charge is 0.326 e. The van der Waals surface area contributed by atoms with Gasteiger partial charge in [0, 0.05) is 18.0 Å². The third-order valence-electron chi connectivity index (χ3n) is 3.49. The van der Waals surface area contributed by atoms with E-state index in [1.54, 1.807) is 17.7 Å². The number of nitrogens with zero attached hydrogens (tertiary/aromatic N) is 1. The topological polar surface area (TPSA) is 71.3 Å². The summed E-state index contributed by atoms with van der Waals surface area (Å²) in [5.41, 5.74) is 1.41. The van der Waals surface area contributed by atoms with Crippen molar-refractivity contribution in [3.8, 4) is 0 Å². The summed E-state index contributed by atoms with van der Waals surface area (Å²) in [7, 11) is 1.80. The number of carboxylic acid groups (broad SMARTS) is 1. The van der Waals surface area contributed by atoms with Crippen molar-refractivity contribution in [1.29, 1.82) is 0 Å². The molecule has 2 N–H and O–H groups in total. The number of carbonyl (C=O) groups is 2. The van der Waals surface area contributed by atoms with Gasteiger partial charge in [0.15, 0.2) is 0 Å². The molecule has 1 amide bonds. The van der Waals surface area contributed by atoms with Gasteiger partial charge in [-0.3, -0.25) is 4.79 Å². The number of hydrogen-bond donors (Lipinski definition) is 2. The molecule has 0 fully saturated rings. The molecule has 1 heterocycles. The fourth-order valence-corrected chi connectivity index (χ4v) is 2.43. The van der Waals surface area contributed by atoms with E-state index < -0.39 is 12.0 Å². The molecule has 0 unspecified atom stereocenters. The molecule has 0 aliphatic rings. The second kappa shape index (κ2) is 5.99. The van der Waals surface area contributed by atoms with Gasteiger partial charge in [-0.1, -0.05) is 32.0 Å². The molecule has 1 aromatic carbocycles. The van der Waals surface area contributed by atoms with Gasteiger partial charge in [-0.05, 0) is 24.5 Å². The fourth-order valence-electron chi connectivity index (χ4n) is 2.43. The van der Waals surface area contributed by atoms with Crippen molar-refractivity contribution in [2.45, 2.75) is 26.3 Å². The molecule has 0 spiro atoms. The van der Waals surface area contributed by atoms with Crippen LogP contribution < -0.4 is 5.32 Å². The zero-order valence-electron chi connectivity index (χ0n) is 12.5. The Morgan fingerprint density at radius 2 is 1.95 bits per heavy atom. The molecule has 0 aliphatic carbocycles. The van der Waals surface area contributed by atoms with Crippen LogP contribution in [0.3, 0.4) is 0 Å². The van der Waals surface area contributed by atoms with Crippen molar-refractivity contribution in [2.75, 3.05) is 0 Å². The molecule has 2 rings (SSSR count). The average molecular weight is 288 g/mol. The van der Waals surface area contributed by atoms with Crippen molar-refractivity contribution in [2.24, 2.45) is 13.0 Å². The molecule has 5 heteroatoms. The first kappa shape index (κ1) is 15.1. The molecule has 0 saturated carbocycles. The van der Waals surface area contributed by atoms with E-state index in [2.05, 4.69) is 5.32 Å². The van der Waals surface area contributed by atoms with E-state index in [0.29, 0.717) is 12.1 Å². The van der Waals surface area contributed by atoms with Crippen LogP contribution >= 0.6 is 0 Å². The minimum Gasteiger partial charge on any atom is -0.480 e. The predicted octanol–water partition coefficient (Wildman–Crippen LogP) is 2.41. The quantitative estimate of drug-likeness (QED) is 0.887. The molecule has 0 radical (unpaired) electrons. The molecule has 5 nitrogen and oxygen atoms in total. The number of carboxylic acids is 1. The zero-order chi connectivity index (χ0) is 15.6. The normalized spacial score (nSPS) is 12.6. The van der Waals surface area contributed by atoms with Crippen molar-refractivity contribution in [1.82, 2.24) is 9.88 Å². The first-order chi connectivity index (χ1) is 9.90. The zero-order valence-corrected chi connectivity index (χ0v) is 12.5. The number of nitrogens with one attached hydrogen (secondary N) is 1. The number of rotatable bonds is 5. The molecule has 1 atom stereocenters. The molecule has 1 aromatic heterocycles. The van der Waals surface area contributed by atoms with E-state index in [4.69, 9.17) is 0 Å². The number of hydrogen-bond acceptors (Lipinski definition) is 2. The molecule has 2 aromatic rings. The molecular formula is C16H20N2O3. The van der Waals surface area contributed by atoms with Gasteiger partial charge < -0.3 is 15.0 Å². The summed E-state index contributed by atoms with van der Waals surface area (Å²) < 4.78 is 1.78. The first-order valence-corrected chi connectivity index (χ1v) is 6.98. The van der Waals surface area contributed by atoms with Crippen LogP contribution in [0.1, 0.15) is 30.8 Å². The summed E-state index contributed by atoms with van der Waals surface area (Å²) in [4.78, 5) is 23.6. The van der Waals surface area contributed by atoms with Gasteiger partial charge in [0.25, 0.3) is 5.91 Å². The third kappa shape index (κ3) is 3.24. The second-order valence-corrected chi connectivity index (χ2v) is 5.64. The maximum absolute atomic E-state index is 12.3. The van der Waals surface area contributed by atoms with Crippen molar-refractivity contribution < 1.29 is 14.7 Å². The maximum atomic E-state index is 12.3. The predicted molar refractivity (Wildman–Crippen MR) is 81.3 cm³/mol. The van der Waals surface area contributed by atoms with Gasteiger partial charge in [-0.25, -0.2) is 4.79 Å². The fraction of sp³-hybridized carbons (Fsp3) is 0.375. The van der Waals surface area contributed by atoms with Crippen LogP contribution in [0, 0.1) is 5.92 Å². The van der Waals surface area contributed by atoms with Crippen LogP contribution in [0.2, 0.25) is 0 Å². The van der Waals surface area contributed by atoms with Gasteiger partial charge in [-0.2, -0.15) is 0 Å². The highest BCUT2D eigenvalue weighted by Gasteiger charge is 2.23. The number of para-hydroxylation sites is 1. The van der Waals surface area contributed by atoms with E-state index in [0.717, 1.165) is 10.9 Å². The Morgan fingerprint density at radius 3 is 2.52 bits per heavy atom. The summed E-state index contributed by atoms with van der Waals surface area (Å²) in [6, 6.07) is 8.57. The Labute approximate surface area is 123 Å². The number of aliphatic carboxylic acids is 1. The van der Waals surface area contributed by atoms with Crippen LogP contribution in [0.4, 0.5) is 0 Å². The molecule has 112 valence electrons. The monoisotopic (exact) mass is 288 g/mol. The summed E-state index contributed by atoms with van der Waals surface area (Å²) in [5, 5.41) is 12.8. The molecule has 0 bridgehead atoms. The highest BCUT2D eigenvalue weighted by Crippen LogP contribution is 2.18. The van der Waals surface area contributed by atoms with E-state index in [1.807, 2.05) is 38.1 Å². The number of fused-ring (bicyclic) bond motifs is 1. The molecule has 0 aliphatic heterocycles. The van der Waals surface area contributed by atoms with Crippen LogP contribution in [-0.2, 0) is 11.8 Å². The highest BCUT2D eigenvalue weighted by molar-refractivity contribution is 6.00. The second-order valence-electron chi connectivity index (χ2n) is 5.64. The lowest BCUT2D eigenvalue weighted by Crippen LogP contribution is -2.42. The third-order valence-corrected chi connectivity index (χ3v) is 3.49. The van der Waals surface area contributed by atoms with Crippen LogP contribution in [0.5, 0.6) is 0 Å². The number of amides is 1. The lowest BCUT2D eigenvalue weighted by atomic mass is 10.0. The first-order valence-electron chi connectivity index (χ1n) is 6.98. The van der Waals surface area contributed by atoms with E-state index in [-0.39, 0.29) is 11.8 Å². The molecule has 0 saturated heterocycles. The average Bonchev–Trinajstić information content (AvgIpc) is 2.75. The van der Waals surface area contributed by atoms with Gasteiger partial charge >= 0.3 is 5.97 Å². The van der Waals surface area contributed by atoms with E-state index in [1.165, 1.54) is 0 Å². The van der Waals surface area contributed by atoms with Crippen molar-refractivity contribution in [3.63, 3.8) is 0 Å². The summed E-state index contributed by atoms with van der Waals surface area (Å²) in [6.45, 7) is 3.86. The maximum Gasteiger partial charge on any atom is 0.326 e. The van der Waals surface area contributed by atoms with Gasteiger partial charge in [0.1, 0.15) is 11.7 Å². The number of aromatic nitrogens is 1. The minimum atomic E-state index is -1.00. The van der Waals surface area contributed by atoms with Gasteiger partial charge in [0.05, 0.1) is 0 Å². The number of carbonyl (C=O) groups excluding carboxylic acids is 1. The van der Waals surface area contributed by atoms with E-state index >= 15 is 0 Å². The van der Waals surface area contributed by atoms with Gasteiger partial charge in [-0.15, -0.1) is 0 Å². The van der Waals surface area contributed by atoms with Crippen molar-refractivity contribution >= 4 is 22.8 Å². The molecule has 21 heavy (non-hydrogen) atoms. The van der Waals surface area contributed by atoms with Crippen LogP contribution in [-0.4, -0.2) is 27.6 Å². The Hall–Kier alpha value is -2.30. The van der Waals surface area contributed by atoms with Crippen LogP contribution in [0.25, 0.3) is 10.9 Å². The lowest BCUT2D eigenvalue weighted by molar-refractivity contribution is -0.139. The Bertz CT molecular complexity index is 673. The van der Waals surface area contributed by atoms with Crippen LogP contribution in [0.15, 0.2) is 30.3 Å². The summed E-state index contributed by atoms with van der Waals surface area (Å²) in [6.07, 6.45) is 0.408. The number of aryl methyl sites for hydroxylation is 1. The summed E-state index contributed by atoms with van der Waals surface area (Å²) >= 11 is 0. The number of benzene rings is 1. The minimum absolute atomic E-state index is 0.193. The Kier molecular flexibility index (Phi) is 4.31. The lowest BCUT2D eigenvalue weighted by Gasteiger charge is -2.16. The Morgan fingerprint density at radius 1 is 1.29 bits per heavy atom. The highest BCUT2D eigenvalue weighted by atomic mass is 16.4. The van der Waals surface area contributed by atoms with Crippen molar-refractivity contribution in [3.05, 3.63) is 36.0 Å². The standard InChI is InChI=1S/C16H20N2O3/c1-10(2)8-12(16(20)21)17-15(19)14-9-11-6-4-5-7-13(11)18(14)3/h4-7,9-10,12H,8H2,1-3H3,(H,17,19)(H,20,21)/t12-/m0/s1. The van der Waals surface area contributed by atoms with E-state index in [9.17, 15) is 14.7 Å². The molecular weight excluding hydrogens is 268 g/mol. The SMILES string of the molecule is CC(C)C[C@H](NC(=O)c1cc2ccccc2n1C)C(=O)O. The summed E-state index contributed by atoms with van der Waals surface area (Å²) in [5.74, 6) is -1.17.